The Hall–Kier alpha value is -0.910. The summed E-state index contributed by atoms with van der Waals surface area (Å²) in [7, 11) is 1.82. The minimum atomic E-state index is -0.629. The number of aliphatic hydroxyl groups excluding tert-OH is 1. The molecule has 0 amide bonds. The molecule has 3 N–H and O–H groups in total. The van der Waals surface area contributed by atoms with Gasteiger partial charge in [-0.05, 0) is 19.1 Å². The molecular formula is C13H20ClIN6OS. The summed E-state index contributed by atoms with van der Waals surface area (Å²) in [6.45, 7) is 3.47. The standard InChI is InChI=1S/C13H19ClN6OS.HI/c1-3-15-13(17-7-12-18-8-19-20(12)2)16-6-9(21)10-4-5-11(14)22-10;/h4-5,8-9,21H,3,6-7H2,1-2H3,(H2,15,16,17);1H. The fourth-order valence-corrected chi connectivity index (χ4v) is 2.80. The van der Waals surface area contributed by atoms with Gasteiger partial charge < -0.3 is 15.7 Å². The van der Waals surface area contributed by atoms with E-state index in [4.69, 9.17) is 11.6 Å². The van der Waals surface area contributed by atoms with E-state index in [0.717, 1.165) is 17.2 Å². The Kier molecular flexibility index (Phi) is 8.81. The van der Waals surface area contributed by atoms with Gasteiger partial charge in [-0.3, -0.25) is 4.68 Å². The highest BCUT2D eigenvalue weighted by Gasteiger charge is 2.11. The van der Waals surface area contributed by atoms with E-state index in [1.165, 1.54) is 17.7 Å². The van der Waals surface area contributed by atoms with E-state index in [1.807, 2.05) is 20.0 Å². The molecule has 10 heteroatoms. The molecule has 0 aliphatic carbocycles. The van der Waals surface area contributed by atoms with Crippen LogP contribution in [0.2, 0.25) is 4.34 Å². The summed E-state index contributed by atoms with van der Waals surface area (Å²) in [6.07, 6.45) is 0.867. The predicted molar refractivity (Wildman–Crippen MR) is 104 cm³/mol. The maximum atomic E-state index is 10.1. The van der Waals surface area contributed by atoms with Crippen LogP contribution < -0.4 is 10.6 Å². The summed E-state index contributed by atoms with van der Waals surface area (Å²) in [5.41, 5.74) is 0. The first kappa shape index (κ1) is 20.1. The molecule has 0 radical (unpaired) electrons. The maximum absolute atomic E-state index is 10.1. The van der Waals surface area contributed by atoms with Gasteiger partial charge in [-0.1, -0.05) is 11.6 Å². The Morgan fingerprint density at radius 2 is 2.26 bits per heavy atom. The molecule has 0 aliphatic rings. The number of hydrogen-bond acceptors (Lipinski definition) is 5. The highest BCUT2D eigenvalue weighted by atomic mass is 127. The number of thiophene rings is 1. The predicted octanol–water partition coefficient (Wildman–Crippen LogP) is 1.94. The van der Waals surface area contributed by atoms with Gasteiger partial charge in [0.25, 0.3) is 0 Å². The van der Waals surface area contributed by atoms with E-state index >= 15 is 0 Å². The molecule has 0 fully saturated rings. The van der Waals surface area contributed by atoms with Gasteiger partial charge in [0.2, 0.25) is 0 Å². The Balaban J connectivity index is 0.00000264. The van der Waals surface area contributed by atoms with Crippen molar-refractivity contribution in [1.29, 1.82) is 0 Å². The van der Waals surface area contributed by atoms with Crippen molar-refractivity contribution >= 4 is 52.9 Å². The lowest BCUT2D eigenvalue weighted by Gasteiger charge is -2.14. The second kappa shape index (κ2) is 10.1. The maximum Gasteiger partial charge on any atom is 0.191 e. The van der Waals surface area contributed by atoms with Crippen molar-refractivity contribution in [2.45, 2.75) is 19.6 Å². The molecule has 0 bridgehead atoms. The molecule has 1 atom stereocenters. The molecule has 0 aromatic carbocycles. The van der Waals surface area contributed by atoms with Gasteiger partial charge >= 0.3 is 0 Å². The normalized spacial score (nSPS) is 12.6. The summed E-state index contributed by atoms with van der Waals surface area (Å²) < 4.78 is 2.34. The zero-order valence-electron chi connectivity index (χ0n) is 12.9. The molecule has 2 aromatic rings. The number of aliphatic imine (C=N–C) groups is 1. The third kappa shape index (κ3) is 6.24. The number of aromatic nitrogens is 3. The quantitative estimate of drug-likeness (QED) is 0.341. The average Bonchev–Trinajstić information content (AvgIpc) is 3.10. The van der Waals surface area contributed by atoms with E-state index < -0.39 is 6.10 Å². The van der Waals surface area contributed by atoms with E-state index in [0.29, 0.717) is 23.4 Å². The molecular weight excluding hydrogens is 451 g/mol. The van der Waals surface area contributed by atoms with Gasteiger partial charge in [0.15, 0.2) is 5.96 Å². The van der Waals surface area contributed by atoms with E-state index in [1.54, 1.807) is 10.7 Å². The van der Waals surface area contributed by atoms with Crippen LogP contribution in [0.1, 0.15) is 23.7 Å². The molecule has 0 spiro atoms. The third-order valence-electron chi connectivity index (χ3n) is 2.91. The summed E-state index contributed by atoms with van der Waals surface area (Å²) in [6, 6.07) is 3.60. The van der Waals surface area contributed by atoms with Crippen molar-refractivity contribution in [1.82, 2.24) is 25.4 Å². The number of rotatable bonds is 6. The lowest BCUT2D eigenvalue weighted by molar-refractivity contribution is 0.184. The number of guanidine groups is 1. The van der Waals surface area contributed by atoms with Crippen molar-refractivity contribution < 1.29 is 5.11 Å². The van der Waals surface area contributed by atoms with Crippen molar-refractivity contribution in [3.05, 3.63) is 33.5 Å². The molecule has 1 unspecified atom stereocenters. The number of halogens is 2. The molecule has 2 aromatic heterocycles. The molecule has 128 valence electrons. The fraction of sp³-hybridized carbons (Fsp3) is 0.462. The summed E-state index contributed by atoms with van der Waals surface area (Å²) in [5.74, 6) is 1.38. The summed E-state index contributed by atoms with van der Waals surface area (Å²) in [4.78, 5) is 9.37. The molecule has 0 saturated heterocycles. The van der Waals surface area contributed by atoms with Gasteiger partial charge in [-0.2, -0.15) is 5.10 Å². The highest BCUT2D eigenvalue weighted by Crippen LogP contribution is 2.26. The first-order valence-electron chi connectivity index (χ1n) is 6.88. The smallest absolute Gasteiger partial charge is 0.191 e. The zero-order chi connectivity index (χ0) is 15.9. The Morgan fingerprint density at radius 3 is 2.83 bits per heavy atom. The third-order valence-corrected chi connectivity index (χ3v) is 4.25. The number of hydrogen-bond donors (Lipinski definition) is 3. The Labute approximate surface area is 161 Å². The molecule has 0 aliphatic heterocycles. The van der Waals surface area contributed by atoms with Crippen LogP contribution in [-0.4, -0.2) is 38.9 Å². The van der Waals surface area contributed by atoms with Gasteiger partial charge in [0.1, 0.15) is 24.8 Å². The second-order valence-corrected chi connectivity index (χ2v) is 6.28. The molecule has 0 saturated carbocycles. The van der Waals surface area contributed by atoms with Crippen LogP contribution in [0.4, 0.5) is 0 Å². The van der Waals surface area contributed by atoms with Gasteiger partial charge in [-0.15, -0.1) is 35.3 Å². The minimum Gasteiger partial charge on any atom is -0.386 e. The first-order chi connectivity index (χ1) is 10.6. The van der Waals surface area contributed by atoms with Crippen molar-refractivity contribution in [3.63, 3.8) is 0 Å². The zero-order valence-corrected chi connectivity index (χ0v) is 16.8. The highest BCUT2D eigenvalue weighted by molar-refractivity contribution is 14.0. The van der Waals surface area contributed by atoms with Crippen LogP contribution in [0.15, 0.2) is 23.5 Å². The molecule has 2 heterocycles. The number of nitrogens with zero attached hydrogens (tertiary/aromatic N) is 4. The van der Waals surface area contributed by atoms with Crippen molar-refractivity contribution in [3.8, 4) is 0 Å². The molecule has 7 nitrogen and oxygen atoms in total. The SMILES string of the molecule is CCNC(=NCc1ncnn1C)NCC(O)c1ccc(Cl)s1.I. The molecule has 2 rings (SSSR count). The van der Waals surface area contributed by atoms with Crippen LogP contribution in [0.3, 0.4) is 0 Å². The lowest BCUT2D eigenvalue weighted by Crippen LogP contribution is -2.39. The summed E-state index contributed by atoms with van der Waals surface area (Å²) >= 11 is 7.24. The topological polar surface area (TPSA) is 87.4 Å². The summed E-state index contributed by atoms with van der Waals surface area (Å²) in [5, 5.41) is 20.4. The van der Waals surface area contributed by atoms with Crippen LogP contribution >= 0.6 is 46.9 Å². The van der Waals surface area contributed by atoms with E-state index in [2.05, 4.69) is 25.7 Å². The largest absolute Gasteiger partial charge is 0.386 e. The van der Waals surface area contributed by atoms with Gasteiger partial charge in [-0.25, -0.2) is 9.98 Å². The number of aliphatic hydroxyl groups is 1. The lowest BCUT2D eigenvalue weighted by atomic mass is 10.3. The first-order valence-corrected chi connectivity index (χ1v) is 8.08. The minimum absolute atomic E-state index is 0. The van der Waals surface area contributed by atoms with E-state index in [-0.39, 0.29) is 24.0 Å². The molecule has 23 heavy (non-hydrogen) atoms. The van der Waals surface area contributed by atoms with Crippen LogP contribution in [0, 0.1) is 0 Å². The van der Waals surface area contributed by atoms with Crippen LogP contribution in [-0.2, 0) is 13.6 Å². The van der Waals surface area contributed by atoms with Crippen LogP contribution in [0.25, 0.3) is 0 Å². The van der Waals surface area contributed by atoms with Gasteiger partial charge in [0.05, 0.1) is 4.34 Å². The average molecular weight is 471 g/mol. The van der Waals surface area contributed by atoms with E-state index in [9.17, 15) is 5.11 Å². The van der Waals surface area contributed by atoms with Gasteiger partial charge in [0, 0.05) is 25.0 Å². The van der Waals surface area contributed by atoms with Crippen molar-refractivity contribution in [2.24, 2.45) is 12.0 Å². The van der Waals surface area contributed by atoms with Crippen molar-refractivity contribution in [2.75, 3.05) is 13.1 Å². The number of aryl methyl sites for hydroxylation is 1. The Morgan fingerprint density at radius 1 is 1.48 bits per heavy atom. The second-order valence-electron chi connectivity index (χ2n) is 4.53. The van der Waals surface area contributed by atoms with Crippen LogP contribution in [0.5, 0.6) is 0 Å². The monoisotopic (exact) mass is 470 g/mol. The fourth-order valence-electron chi connectivity index (χ4n) is 1.76. The number of nitrogens with one attached hydrogen (secondary N) is 2. The Bertz CT molecular complexity index is 632.